The summed E-state index contributed by atoms with van der Waals surface area (Å²) < 4.78 is 5.51. The van der Waals surface area contributed by atoms with Crippen LogP contribution in [0.1, 0.15) is 30.1 Å². The van der Waals surface area contributed by atoms with Gasteiger partial charge in [0, 0.05) is 18.7 Å². The van der Waals surface area contributed by atoms with Gasteiger partial charge in [-0.15, -0.1) is 0 Å². The van der Waals surface area contributed by atoms with Gasteiger partial charge in [0.1, 0.15) is 5.69 Å². The molecule has 7 heteroatoms. The van der Waals surface area contributed by atoms with Crippen molar-refractivity contribution in [2.45, 2.75) is 31.9 Å². The van der Waals surface area contributed by atoms with Crippen LogP contribution in [-0.2, 0) is 4.74 Å². The fourth-order valence-corrected chi connectivity index (χ4v) is 2.34. The van der Waals surface area contributed by atoms with Crippen LogP contribution in [0.25, 0.3) is 0 Å². The Balaban J connectivity index is 2.32. The van der Waals surface area contributed by atoms with Crippen LogP contribution in [0.3, 0.4) is 0 Å². The van der Waals surface area contributed by atoms with E-state index < -0.39 is 10.9 Å². The number of carboxylic acid groups (broad SMARTS) is 1. The Morgan fingerprint density at radius 1 is 1.60 bits per heavy atom. The lowest BCUT2D eigenvalue weighted by molar-refractivity contribution is -0.384. The molecule has 7 nitrogen and oxygen atoms in total. The van der Waals surface area contributed by atoms with Crippen molar-refractivity contribution in [1.29, 1.82) is 0 Å². The van der Waals surface area contributed by atoms with E-state index in [0.717, 1.165) is 12.8 Å². The maximum absolute atomic E-state index is 11.2. The van der Waals surface area contributed by atoms with Crippen molar-refractivity contribution in [2.24, 2.45) is 0 Å². The predicted molar refractivity (Wildman–Crippen MR) is 72.1 cm³/mol. The normalized spacial score (nSPS) is 19.6. The quantitative estimate of drug-likeness (QED) is 0.633. The fraction of sp³-hybridized carbons (Fsp3) is 0.462. The number of nitro groups is 1. The minimum Gasteiger partial charge on any atom is -0.478 e. The zero-order chi connectivity index (χ0) is 14.7. The lowest BCUT2D eigenvalue weighted by Gasteiger charge is -2.21. The average Bonchev–Trinajstić information content (AvgIpc) is 2.92. The largest absolute Gasteiger partial charge is 0.478 e. The van der Waals surface area contributed by atoms with Crippen molar-refractivity contribution < 1.29 is 19.6 Å². The maximum atomic E-state index is 11.2. The summed E-state index contributed by atoms with van der Waals surface area (Å²) in [5, 5.41) is 23.1. The Bertz CT molecular complexity index is 493. The van der Waals surface area contributed by atoms with Crippen LogP contribution in [-0.4, -0.2) is 34.8 Å². The number of anilines is 1. The molecule has 2 rings (SSSR count). The van der Waals surface area contributed by atoms with E-state index in [9.17, 15) is 14.9 Å². The molecule has 2 N–H and O–H groups in total. The summed E-state index contributed by atoms with van der Waals surface area (Å²) in [6.45, 7) is 2.50. The highest BCUT2D eigenvalue weighted by molar-refractivity contribution is 5.96. The number of benzene rings is 1. The standard InChI is InChI=1S/C13H16N2O5/c1-8(11-6-3-7-20-11)14-12-9(13(16)17)4-2-5-10(12)15(18)19/h2,4-5,8,11,14H,3,6-7H2,1H3,(H,16,17). The van der Waals surface area contributed by atoms with E-state index in [1.807, 2.05) is 6.92 Å². The third kappa shape index (κ3) is 2.88. The van der Waals surface area contributed by atoms with Gasteiger partial charge in [-0.05, 0) is 25.8 Å². The molecule has 108 valence electrons. The van der Waals surface area contributed by atoms with Gasteiger partial charge in [-0.2, -0.15) is 0 Å². The van der Waals surface area contributed by atoms with Crippen LogP contribution in [0, 0.1) is 10.1 Å². The average molecular weight is 280 g/mol. The molecule has 0 spiro atoms. The molecular formula is C13H16N2O5. The van der Waals surface area contributed by atoms with Gasteiger partial charge in [-0.25, -0.2) is 4.79 Å². The van der Waals surface area contributed by atoms with Gasteiger partial charge < -0.3 is 15.2 Å². The second-order valence-electron chi connectivity index (χ2n) is 4.75. The molecule has 0 amide bonds. The summed E-state index contributed by atoms with van der Waals surface area (Å²) in [5.41, 5.74) is -0.313. The predicted octanol–water partition coefficient (Wildman–Crippen LogP) is 2.27. The van der Waals surface area contributed by atoms with Crippen molar-refractivity contribution >= 4 is 17.3 Å². The number of para-hydroxylation sites is 1. The van der Waals surface area contributed by atoms with Crippen molar-refractivity contribution in [1.82, 2.24) is 0 Å². The van der Waals surface area contributed by atoms with Gasteiger partial charge in [-0.3, -0.25) is 10.1 Å². The van der Waals surface area contributed by atoms with Gasteiger partial charge >= 0.3 is 5.97 Å². The Labute approximate surface area is 115 Å². The molecule has 0 bridgehead atoms. The number of nitrogens with one attached hydrogen (secondary N) is 1. The van der Waals surface area contributed by atoms with Crippen LogP contribution < -0.4 is 5.32 Å². The van der Waals surface area contributed by atoms with Crippen LogP contribution in [0.4, 0.5) is 11.4 Å². The third-order valence-electron chi connectivity index (χ3n) is 3.36. The van der Waals surface area contributed by atoms with E-state index in [1.54, 1.807) is 0 Å². The molecule has 2 unspecified atom stereocenters. The number of nitrogens with zero attached hydrogens (tertiary/aromatic N) is 1. The van der Waals surface area contributed by atoms with Gasteiger partial charge in [0.15, 0.2) is 0 Å². The maximum Gasteiger partial charge on any atom is 0.338 e. The second-order valence-corrected chi connectivity index (χ2v) is 4.75. The Hall–Kier alpha value is -2.15. The molecule has 0 saturated carbocycles. The van der Waals surface area contributed by atoms with Gasteiger partial charge in [0.05, 0.1) is 16.6 Å². The highest BCUT2D eigenvalue weighted by Crippen LogP contribution is 2.30. The monoisotopic (exact) mass is 280 g/mol. The number of hydrogen-bond acceptors (Lipinski definition) is 5. The molecule has 1 aromatic rings. The molecule has 2 atom stereocenters. The molecule has 0 radical (unpaired) electrons. The molecule has 1 saturated heterocycles. The van der Waals surface area contributed by atoms with Crippen LogP contribution in [0.5, 0.6) is 0 Å². The zero-order valence-corrected chi connectivity index (χ0v) is 11.0. The van der Waals surface area contributed by atoms with E-state index in [-0.39, 0.29) is 29.1 Å². The molecular weight excluding hydrogens is 264 g/mol. The number of hydrogen-bond donors (Lipinski definition) is 2. The molecule has 1 fully saturated rings. The molecule has 1 heterocycles. The van der Waals surface area contributed by atoms with Crippen molar-refractivity contribution in [3.05, 3.63) is 33.9 Å². The Morgan fingerprint density at radius 2 is 2.35 bits per heavy atom. The summed E-state index contributed by atoms with van der Waals surface area (Å²) in [6, 6.07) is 3.80. The first-order valence-electron chi connectivity index (χ1n) is 6.39. The van der Waals surface area contributed by atoms with Crippen LogP contribution in [0.15, 0.2) is 18.2 Å². The number of nitro benzene ring substituents is 1. The first kappa shape index (κ1) is 14.3. The topological polar surface area (TPSA) is 102 Å². The summed E-state index contributed by atoms with van der Waals surface area (Å²) in [4.78, 5) is 21.7. The fourth-order valence-electron chi connectivity index (χ4n) is 2.34. The Morgan fingerprint density at radius 3 is 2.90 bits per heavy atom. The molecule has 1 aliphatic rings. The number of aromatic carboxylic acids is 1. The third-order valence-corrected chi connectivity index (χ3v) is 3.36. The van der Waals surface area contributed by atoms with Gasteiger partial charge in [0.2, 0.25) is 0 Å². The number of rotatable bonds is 5. The highest BCUT2D eigenvalue weighted by atomic mass is 16.6. The van der Waals surface area contributed by atoms with E-state index in [1.165, 1.54) is 18.2 Å². The minimum atomic E-state index is -1.20. The van der Waals surface area contributed by atoms with E-state index in [2.05, 4.69) is 5.32 Å². The first-order valence-corrected chi connectivity index (χ1v) is 6.39. The number of ether oxygens (including phenoxy) is 1. The second kappa shape index (κ2) is 5.87. The smallest absolute Gasteiger partial charge is 0.338 e. The number of carboxylic acids is 1. The zero-order valence-electron chi connectivity index (χ0n) is 11.0. The van der Waals surface area contributed by atoms with E-state index >= 15 is 0 Å². The Kier molecular flexibility index (Phi) is 4.19. The van der Waals surface area contributed by atoms with Gasteiger partial charge in [-0.1, -0.05) is 6.07 Å². The molecule has 1 aromatic carbocycles. The summed E-state index contributed by atoms with van der Waals surface area (Å²) in [7, 11) is 0. The van der Waals surface area contributed by atoms with Gasteiger partial charge in [0.25, 0.3) is 5.69 Å². The van der Waals surface area contributed by atoms with Crippen molar-refractivity contribution in [3.63, 3.8) is 0 Å². The summed E-state index contributed by atoms with van der Waals surface area (Å²) in [5.74, 6) is -1.20. The highest BCUT2D eigenvalue weighted by Gasteiger charge is 2.27. The summed E-state index contributed by atoms with van der Waals surface area (Å²) >= 11 is 0. The van der Waals surface area contributed by atoms with Crippen LogP contribution in [0.2, 0.25) is 0 Å². The van der Waals surface area contributed by atoms with Crippen LogP contribution >= 0.6 is 0 Å². The molecule has 0 aromatic heterocycles. The van der Waals surface area contributed by atoms with E-state index in [4.69, 9.17) is 9.84 Å². The minimum absolute atomic E-state index is 0.0352. The molecule has 0 aliphatic carbocycles. The van der Waals surface area contributed by atoms with Crippen molar-refractivity contribution in [2.75, 3.05) is 11.9 Å². The SMILES string of the molecule is CC(Nc1c(C(=O)O)cccc1[N+](=O)[O-])C1CCCO1. The number of carbonyl (C=O) groups is 1. The lowest BCUT2D eigenvalue weighted by atomic mass is 10.1. The summed E-state index contributed by atoms with van der Waals surface area (Å²) in [6.07, 6.45) is 1.74. The first-order chi connectivity index (χ1) is 9.50. The molecule has 20 heavy (non-hydrogen) atoms. The lowest BCUT2D eigenvalue weighted by Crippen LogP contribution is -2.31. The van der Waals surface area contributed by atoms with E-state index in [0.29, 0.717) is 6.61 Å². The van der Waals surface area contributed by atoms with Crippen molar-refractivity contribution in [3.8, 4) is 0 Å². The molecule has 1 aliphatic heterocycles.